The highest BCUT2D eigenvalue weighted by Gasteiger charge is 2.05. The summed E-state index contributed by atoms with van der Waals surface area (Å²) in [5.41, 5.74) is 0. The standard InChI is InChI=1S/C6H10O.ClH/c7-6-4-2-1-3-5-6;/h1-5H2;1H/p-1. The molecule has 0 spiro atoms. The average molecular weight is 134 g/mol. The van der Waals surface area contributed by atoms with E-state index in [0.717, 1.165) is 25.7 Å². The van der Waals surface area contributed by atoms with Crippen molar-refractivity contribution >= 4 is 5.78 Å². The van der Waals surface area contributed by atoms with Gasteiger partial charge in [0, 0.05) is 12.8 Å². The molecule has 0 atom stereocenters. The second-order valence-corrected chi connectivity index (χ2v) is 2.10. The summed E-state index contributed by atoms with van der Waals surface area (Å²) in [6.07, 6.45) is 5.24. The molecule has 0 aromatic heterocycles. The van der Waals surface area contributed by atoms with Crippen LogP contribution in [0.3, 0.4) is 0 Å². The molecule has 0 aromatic rings. The monoisotopic (exact) mass is 133 g/mol. The molecule has 2 heteroatoms. The van der Waals surface area contributed by atoms with Gasteiger partial charge in [-0.2, -0.15) is 0 Å². The van der Waals surface area contributed by atoms with E-state index in [0.29, 0.717) is 5.78 Å². The van der Waals surface area contributed by atoms with E-state index in [1.807, 2.05) is 0 Å². The number of carbonyl (C=O) groups is 1. The number of rotatable bonds is 0. The first kappa shape index (κ1) is 7.96. The van der Waals surface area contributed by atoms with Crippen molar-refractivity contribution in [2.75, 3.05) is 0 Å². The van der Waals surface area contributed by atoms with Crippen LogP contribution >= 0.6 is 0 Å². The van der Waals surface area contributed by atoms with Crippen LogP contribution in [0.5, 0.6) is 0 Å². The Bertz CT molecular complexity index is 72.6. The van der Waals surface area contributed by atoms with Crippen molar-refractivity contribution in [3.05, 3.63) is 0 Å². The molecule has 0 unspecified atom stereocenters. The van der Waals surface area contributed by atoms with E-state index in [2.05, 4.69) is 0 Å². The fourth-order valence-electron chi connectivity index (χ4n) is 0.946. The lowest BCUT2D eigenvalue weighted by molar-refractivity contribution is -0.120. The summed E-state index contributed by atoms with van der Waals surface area (Å²) < 4.78 is 0. The van der Waals surface area contributed by atoms with Gasteiger partial charge in [0.25, 0.3) is 0 Å². The summed E-state index contributed by atoms with van der Waals surface area (Å²) in [5.74, 6) is 0.464. The van der Waals surface area contributed by atoms with E-state index in [-0.39, 0.29) is 12.4 Å². The lowest BCUT2D eigenvalue weighted by Gasteiger charge is -2.05. The molecule has 0 bridgehead atoms. The van der Waals surface area contributed by atoms with Crippen LogP contribution in [0.2, 0.25) is 0 Å². The SMILES string of the molecule is O=C1CCCCC1.[Cl-]. The third-order valence-corrected chi connectivity index (χ3v) is 1.41. The fraction of sp³-hybridized carbons (Fsp3) is 0.833. The van der Waals surface area contributed by atoms with Crippen molar-refractivity contribution in [2.45, 2.75) is 32.1 Å². The first-order chi connectivity index (χ1) is 3.39. The second kappa shape index (κ2) is 3.90. The minimum absolute atomic E-state index is 0. The Kier molecular flexibility index (Phi) is 3.88. The van der Waals surface area contributed by atoms with Gasteiger partial charge in [-0.15, -0.1) is 0 Å². The zero-order chi connectivity index (χ0) is 5.11. The summed E-state index contributed by atoms with van der Waals surface area (Å²) in [5, 5.41) is 0. The van der Waals surface area contributed by atoms with Gasteiger partial charge in [-0.3, -0.25) is 4.79 Å². The van der Waals surface area contributed by atoms with Gasteiger partial charge in [0.2, 0.25) is 0 Å². The number of hydrogen-bond acceptors (Lipinski definition) is 1. The van der Waals surface area contributed by atoms with Gasteiger partial charge >= 0.3 is 0 Å². The topological polar surface area (TPSA) is 17.1 Å². The summed E-state index contributed by atoms with van der Waals surface area (Å²) in [6, 6.07) is 0. The quantitative estimate of drug-likeness (QED) is 0.394. The number of Topliss-reactive ketones (excluding diaryl/α,β-unsaturated/α-hetero) is 1. The fourth-order valence-corrected chi connectivity index (χ4v) is 0.946. The zero-order valence-corrected chi connectivity index (χ0v) is 5.58. The molecular weight excluding hydrogens is 124 g/mol. The summed E-state index contributed by atoms with van der Waals surface area (Å²) >= 11 is 0. The molecule has 0 heterocycles. The molecule has 8 heavy (non-hydrogen) atoms. The number of hydrogen-bond donors (Lipinski definition) is 0. The predicted molar refractivity (Wildman–Crippen MR) is 28.1 cm³/mol. The molecule has 0 aromatic carbocycles. The number of ketones is 1. The van der Waals surface area contributed by atoms with Crippen LogP contribution in [-0.4, -0.2) is 5.78 Å². The lowest BCUT2D eigenvalue weighted by Crippen LogP contribution is -3.00. The van der Waals surface area contributed by atoms with Gasteiger partial charge in [-0.05, 0) is 12.8 Å². The number of halogens is 1. The highest BCUT2D eigenvalue weighted by molar-refractivity contribution is 5.78. The predicted octanol–water partition coefficient (Wildman–Crippen LogP) is -1.48. The highest BCUT2D eigenvalue weighted by atomic mass is 35.5. The van der Waals surface area contributed by atoms with Crippen LogP contribution in [0.4, 0.5) is 0 Å². The summed E-state index contributed by atoms with van der Waals surface area (Å²) in [7, 11) is 0. The summed E-state index contributed by atoms with van der Waals surface area (Å²) in [4.78, 5) is 10.5. The van der Waals surface area contributed by atoms with E-state index >= 15 is 0 Å². The molecule has 1 saturated carbocycles. The van der Waals surface area contributed by atoms with E-state index in [1.165, 1.54) is 6.42 Å². The van der Waals surface area contributed by atoms with Crippen molar-refractivity contribution in [1.82, 2.24) is 0 Å². The molecule has 0 saturated heterocycles. The van der Waals surface area contributed by atoms with Crippen LogP contribution in [0.25, 0.3) is 0 Å². The largest absolute Gasteiger partial charge is 1.00 e. The van der Waals surface area contributed by atoms with E-state index in [9.17, 15) is 4.79 Å². The third-order valence-electron chi connectivity index (χ3n) is 1.41. The third kappa shape index (κ3) is 2.31. The molecule has 1 rings (SSSR count). The Morgan fingerprint density at radius 1 is 1.00 bits per heavy atom. The summed E-state index contributed by atoms with van der Waals surface area (Å²) in [6.45, 7) is 0. The van der Waals surface area contributed by atoms with Crippen molar-refractivity contribution in [3.63, 3.8) is 0 Å². The molecule has 0 N–H and O–H groups in total. The Labute approximate surface area is 55.9 Å². The maximum Gasteiger partial charge on any atom is 0.132 e. The molecule has 48 valence electrons. The average Bonchev–Trinajstić information content (AvgIpc) is 1.69. The first-order valence-corrected chi connectivity index (χ1v) is 2.91. The Morgan fingerprint density at radius 2 is 1.50 bits per heavy atom. The second-order valence-electron chi connectivity index (χ2n) is 2.10. The van der Waals surface area contributed by atoms with Gasteiger partial charge < -0.3 is 12.4 Å². The smallest absolute Gasteiger partial charge is 0.132 e. The molecule has 1 nitrogen and oxygen atoms in total. The first-order valence-electron chi connectivity index (χ1n) is 2.91. The molecule has 1 aliphatic carbocycles. The van der Waals surface area contributed by atoms with Gasteiger partial charge in [0.1, 0.15) is 5.78 Å². The van der Waals surface area contributed by atoms with Crippen molar-refractivity contribution in [1.29, 1.82) is 0 Å². The number of carbonyl (C=O) groups excluding carboxylic acids is 1. The maximum absolute atomic E-state index is 10.5. The lowest BCUT2D eigenvalue weighted by atomic mass is 10.00. The normalized spacial score (nSPS) is 19.8. The van der Waals surface area contributed by atoms with Crippen LogP contribution in [0.1, 0.15) is 32.1 Å². The van der Waals surface area contributed by atoms with Crippen LogP contribution in [0.15, 0.2) is 0 Å². The van der Waals surface area contributed by atoms with E-state index in [1.54, 1.807) is 0 Å². The van der Waals surface area contributed by atoms with Crippen LogP contribution in [0, 0.1) is 0 Å². The van der Waals surface area contributed by atoms with Gasteiger partial charge in [-0.1, -0.05) is 6.42 Å². The van der Waals surface area contributed by atoms with E-state index in [4.69, 9.17) is 0 Å². The van der Waals surface area contributed by atoms with Gasteiger partial charge in [-0.25, -0.2) is 0 Å². The van der Waals surface area contributed by atoms with Crippen LogP contribution in [-0.2, 0) is 4.79 Å². The Balaban J connectivity index is 0.000000490. The molecule has 0 radical (unpaired) electrons. The maximum atomic E-state index is 10.5. The molecule has 0 aliphatic heterocycles. The minimum atomic E-state index is 0. The Morgan fingerprint density at radius 3 is 1.75 bits per heavy atom. The van der Waals surface area contributed by atoms with Crippen molar-refractivity contribution in [3.8, 4) is 0 Å². The zero-order valence-electron chi connectivity index (χ0n) is 4.82. The van der Waals surface area contributed by atoms with Crippen LogP contribution < -0.4 is 12.4 Å². The molecule has 1 aliphatic rings. The van der Waals surface area contributed by atoms with Crippen molar-refractivity contribution < 1.29 is 17.2 Å². The molecule has 1 fully saturated rings. The molecular formula is C6H10ClO-. The molecule has 0 amide bonds. The Hall–Kier alpha value is -0.0400. The van der Waals surface area contributed by atoms with Crippen molar-refractivity contribution in [2.24, 2.45) is 0 Å². The highest BCUT2D eigenvalue weighted by Crippen LogP contribution is 2.12. The van der Waals surface area contributed by atoms with E-state index < -0.39 is 0 Å². The van der Waals surface area contributed by atoms with Gasteiger partial charge in [0.15, 0.2) is 0 Å². The van der Waals surface area contributed by atoms with Gasteiger partial charge in [0.05, 0.1) is 0 Å². The minimum Gasteiger partial charge on any atom is -1.00 e.